The third-order valence-corrected chi connectivity index (χ3v) is 6.11. The minimum atomic E-state index is 0.853. The number of thiophene rings is 1. The third-order valence-electron chi connectivity index (χ3n) is 5.10. The van der Waals surface area contributed by atoms with Gasteiger partial charge in [0.05, 0.1) is 0 Å². The summed E-state index contributed by atoms with van der Waals surface area (Å²) in [6.45, 7) is 6.95. The molecule has 0 saturated heterocycles. The topological polar surface area (TPSA) is 12.0 Å². The van der Waals surface area contributed by atoms with Crippen LogP contribution in [0.5, 0.6) is 0 Å². The second-order valence-corrected chi connectivity index (χ2v) is 7.62. The molecule has 0 radical (unpaired) electrons. The minimum absolute atomic E-state index is 0.853. The average Bonchev–Trinajstić information content (AvgIpc) is 2.90. The van der Waals surface area contributed by atoms with Gasteiger partial charge in [-0.2, -0.15) is 0 Å². The lowest BCUT2D eigenvalue weighted by molar-refractivity contribution is 0.185. The predicted molar refractivity (Wildman–Crippen MR) is 94.1 cm³/mol. The molecule has 3 unspecified atom stereocenters. The molecule has 1 aromatic heterocycles. The molecular formula is C19H27NS. The number of hydrogen-bond acceptors (Lipinski definition) is 2. The lowest BCUT2D eigenvalue weighted by Gasteiger charge is -2.35. The zero-order valence-corrected chi connectivity index (χ0v) is 14.1. The van der Waals surface area contributed by atoms with E-state index >= 15 is 0 Å². The van der Waals surface area contributed by atoms with E-state index in [1.165, 1.54) is 42.3 Å². The monoisotopic (exact) mass is 301 g/mol. The molecule has 1 aliphatic carbocycles. The normalized spacial score (nSPS) is 26.3. The molecule has 1 heterocycles. The lowest BCUT2D eigenvalue weighted by Crippen LogP contribution is -2.33. The Morgan fingerprint density at radius 3 is 2.90 bits per heavy atom. The Labute approximate surface area is 132 Å². The summed E-state index contributed by atoms with van der Waals surface area (Å²) >= 11 is 1.91. The predicted octanol–water partition coefficient (Wildman–Crippen LogP) is 5.11. The first-order chi connectivity index (χ1) is 10.3. The standard InChI is InChI=1S/C19H27NS/c1-3-20-12-15-9-8-14(2)10-16(15)11-17-13-21-19-7-5-4-6-18(17)19/h4-7,13-16,20H,3,8-12H2,1-2H3. The van der Waals surface area contributed by atoms with Gasteiger partial charge in [-0.05, 0) is 72.5 Å². The van der Waals surface area contributed by atoms with Crippen LogP contribution in [0.3, 0.4) is 0 Å². The maximum Gasteiger partial charge on any atom is 0.0345 e. The molecule has 3 rings (SSSR count). The Bertz CT molecular complexity index is 572. The van der Waals surface area contributed by atoms with E-state index < -0.39 is 0 Å². The number of benzene rings is 1. The van der Waals surface area contributed by atoms with Gasteiger partial charge >= 0.3 is 0 Å². The summed E-state index contributed by atoms with van der Waals surface area (Å²) in [6, 6.07) is 8.88. The zero-order chi connectivity index (χ0) is 14.7. The molecule has 1 saturated carbocycles. The van der Waals surface area contributed by atoms with Crippen molar-refractivity contribution in [3.63, 3.8) is 0 Å². The van der Waals surface area contributed by atoms with Crippen molar-refractivity contribution in [3.05, 3.63) is 35.2 Å². The van der Waals surface area contributed by atoms with Crippen molar-refractivity contribution in [2.75, 3.05) is 13.1 Å². The number of hydrogen-bond donors (Lipinski definition) is 1. The van der Waals surface area contributed by atoms with Gasteiger partial charge in [-0.1, -0.05) is 38.5 Å². The van der Waals surface area contributed by atoms with Crippen LogP contribution in [0.4, 0.5) is 0 Å². The summed E-state index contributed by atoms with van der Waals surface area (Å²) in [5, 5.41) is 7.47. The van der Waals surface area contributed by atoms with E-state index in [0.717, 1.165) is 24.3 Å². The Balaban J connectivity index is 1.76. The highest BCUT2D eigenvalue weighted by atomic mass is 32.1. The van der Waals surface area contributed by atoms with E-state index in [-0.39, 0.29) is 0 Å². The van der Waals surface area contributed by atoms with Gasteiger partial charge in [-0.3, -0.25) is 0 Å². The van der Waals surface area contributed by atoms with Gasteiger partial charge < -0.3 is 5.32 Å². The molecular weight excluding hydrogens is 274 g/mol. The lowest BCUT2D eigenvalue weighted by atomic mass is 9.72. The molecule has 1 N–H and O–H groups in total. The van der Waals surface area contributed by atoms with Crippen LogP contribution in [0.1, 0.15) is 38.7 Å². The number of nitrogens with one attached hydrogen (secondary N) is 1. The van der Waals surface area contributed by atoms with Gasteiger partial charge in [0.15, 0.2) is 0 Å². The second kappa shape index (κ2) is 6.93. The second-order valence-electron chi connectivity index (χ2n) is 6.71. The highest BCUT2D eigenvalue weighted by Gasteiger charge is 2.28. The van der Waals surface area contributed by atoms with Gasteiger partial charge in [0, 0.05) is 4.70 Å². The van der Waals surface area contributed by atoms with Crippen molar-refractivity contribution in [3.8, 4) is 0 Å². The quantitative estimate of drug-likeness (QED) is 0.809. The molecule has 1 aromatic carbocycles. The first-order valence-electron chi connectivity index (χ1n) is 8.43. The molecule has 1 aliphatic rings. The first kappa shape index (κ1) is 15.1. The largest absolute Gasteiger partial charge is 0.317 e. The van der Waals surface area contributed by atoms with Crippen molar-refractivity contribution in [2.24, 2.45) is 17.8 Å². The molecule has 1 nitrogen and oxygen atoms in total. The number of fused-ring (bicyclic) bond motifs is 1. The summed E-state index contributed by atoms with van der Waals surface area (Å²) in [5.41, 5.74) is 1.58. The van der Waals surface area contributed by atoms with E-state index in [2.05, 4.69) is 48.8 Å². The van der Waals surface area contributed by atoms with Gasteiger partial charge in [0.25, 0.3) is 0 Å². The molecule has 21 heavy (non-hydrogen) atoms. The van der Waals surface area contributed by atoms with Crippen LogP contribution >= 0.6 is 11.3 Å². The molecule has 114 valence electrons. The van der Waals surface area contributed by atoms with Crippen LogP contribution < -0.4 is 5.32 Å². The summed E-state index contributed by atoms with van der Waals surface area (Å²) < 4.78 is 1.44. The highest BCUT2D eigenvalue weighted by Crippen LogP contribution is 2.37. The summed E-state index contributed by atoms with van der Waals surface area (Å²) in [4.78, 5) is 0. The highest BCUT2D eigenvalue weighted by molar-refractivity contribution is 7.17. The molecule has 0 bridgehead atoms. The summed E-state index contributed by atoms with van der Waals surface area (Å²) in [7, 11) is 0. The van der Waals surface area contributed by atoms with E-state index in [0.29, 0.717) is 0 Å². The van der Waals surface area contributed by atoms with Crippen LogP contribution in [0.25, 0.3) is 10.1 Å². The maximum absolute atomic E-state index is 3.58. The average molecular weight is 301 g/mol. The van der Waals surface area contributed by atoms with Gasteiger partial charge in [0.2, 0.25) is 0 Å². The number of rotatable bonds is 5. The molecule has 2 heteroatoms. The van der Waals surface area contributed by atoms with Gasteiger partial charge in [0.1, 0.15) is 0 Å². The van der Waals surface area contributed by atoms with E-state index in [1.54, 1.807) is 5.56 Å². The Morgan fingerprint density at radius 2 is 2.05 bits per heavy atom. The third kappa shape index (κ3) is 3.49. The van der Waals surface area contributed by atoms with Crippen molar-refractivity contribution in [1.82, 2.24) is 5.32 Å². The van der Waals surface area contributed by atoms with Crippen molar-refractivity contribution >= 4 is 21.4 Å². The summed E-state index contributed by atoms with van der Waals surface area (Å²) in [5.74, 6) is 2.61. The van der Waals surface area contributed by atoms with E-state index in [4.69, 9.17) is 0 Å². The van der Waals surface area contributed by atoms with E-state index in [9.17, 15) is 0 Å². The fourth-order valence-electron chi connectivity index (χ4n) is 3.88. The fourth-order valence-corrected chi connectivity index (χ4v) is 4.86. The SMILES string of the molecule is CCNCC1CCC(C)CC1Cc1csc2ccccc12. The minimum Gasteiger partial charge on any atom is -0.317 e. The van der Waals surface area contributed by atoms with E-state index in [1.807, 2.05) is 11.3 Å². The Hall–Kier alpha value is -0.860. The first-order valence-corrected chi connectivity index (χ1v) is 9.31. The molecule has 0 aliphatic heterocycles. The molecule has 0 amide bonds. The molecule has 2 aromatic rings. The van der Waals surface area contributed by atoms with Crippen LogP contribution in [0, 0.1) is 17.8 Å². The van der Waals surface area contributed by atoms with Gasteiger partial charge in [-0.25, -0.2) is 0 Å². The van der Waals surface area contributed by atoms with Crippen molar-refractivity contribution < 1.29 is 0 Å². The Morgan fingerprint density at radius 1 is 1.19 bits per heavy atom. The van der Waals surface area contributed by atoms with Crippen LogP contribution in [0.2, 0.25) is 0 Å². The molecule has 3 atom stereocenters. The maximum atomic E-state index is 3.58. The molecule has 0 spiro atoms. The zero-order valence-electron chi connectivity index (χ0n) is 13.3. The fraction of sp³-hybridized carbons (Fsp3) is 0.579. The van der Waals surface area contributed by atoms with Crippen LogP contribution in [-0.2, 0) is 6.42 Å². The van der Waals surface area contributed by atoms with Crippen LogP contribution in [0.15, 0.2) is 29.6 Å². The van der Waals surface area contributed by atoms with Gasteiger partial charge in [-0.15, -0.1) is 11.3 Å². The smallest absolute Gasteiger partial charge is 0.0345 e. The Kier molecular flexibility index (Phi) is 4.97. The van der Waals surface area contributed by atoms with Crippen LogP contribution in [-0.4, -0.2) is 13.1 Å². The molecule has 1 fully saturated rings. The van der Waals surface area contributed by atoms with Crippen molar-refractivity contribution in [1.29, 1.82) is 0 Å². The summed E-state index contributed by atoms with van der Waals surface area (Å²) in [6.07, 6.45) is 5.49. The van der Waals surface area contributed by atoms with Crippen molar-refractivity contribution in [2.45, 2.75) is 39.5 Å².